The summed E-state index contributed by atoms with van der Waals surface area (Å²) in [4.78, 5) is 32.3. The standard InChI is InChI=1S/C15H19N3O3/c1-5-10-6-11(14(19)20)12(16-7-10)13-17-15(4,9(2)3)8-18(13)21/h6-7,9H,5,8H2,1-4H3/p+1. The van der Waals surface area contributed by atoms with Gasteiger partial charge in [0.15, 0.2) is 17.8 Å². The first kappa shape index (κ1) is 15.3. The first-order chi connectivity index (χ1) is 9.78. The molecule has 0 saturated carbocycles. The number of pyridine rings is 1. The second kappa shape index (κ2) is 5.35. The van der Waals surface area contributed by atoms with Crippen molar-refractivity contribution in [2.75, 3.05) is 6.54 Å². The molecule has 1 unspecified atom stereocenters. The number of hydrogen-bond donors (Lipinski definition) is 1. The van der Waals surface area contributed by atoms with Crippen LogP contribution in [0.5, 0.6) is 0 Å². The average Bonchev–Trinajstić information content (AvgIpc) is 2.74. The van der Waals surface area contributed by atoms with E-state index in [-0.39, 0.29) is 29.6 Å². The van der Waals surface area contributed by atoms with E-state index in [9.17, 15) is 14.8 Å². The SMILES string of the molecule is CCc1cnc(C2=NC(C)(C(C)C)C[N+]2=O)c(C(=O)O)c1. The van der Waals surface area contributed by atoms with Crippen molar-refractivity contribution in [1.82, 2.24) is 4.98 Å². The van der Waals surface area contributed by atoms with Crippen molar-refractivity contribution in [2.24, 2.45) is 10.9 Å². The third kappa shape index (κ3) is 2.70. The zero-order valence-corrected chi connectivity index (χ0v) is 12.8. The normalized spacial score (nSPS) is 21.8. The van der Waals surface area contributed by atoms with Crippen molar-refractivity contribution in [3.05, 3.63) is 34.0 Å². The lowest BCUT2D eigenvalue weighted by molar-refractivity contribution is -0.428. The molecule has 1 N–H and O–H groups in total. The van der Waals surface area contributed by atoms with Crippen LogP contribution in [0.4, 0.5) is 0 Å². The number of rotatable bonds is 4. The minimum atomic E-state index is -1.10. The summed E-state index contributed by atoms with van der Waals surface area (Å²) < 4.78 is 0.750. The Hall–Kier alpha value is -2.11. The molecule has 2 rings (SSSR count). The Kier molecular flexibility index (Phi) is 3.89. The Bertz CT molecular complexity index is 637. The number of amidine groups is 1. The minimum Gasteiger partial charge on any atom is -0.478 e. The highest BCUT2D eigenvalue weighted by Gasteiger charge is 2.49. The number of aliphatic imine (C=N–C) groups is 1. The Morgan fingerprint density at radius 2 is 2.19 bits per heavy atom. The summed E-state index contributed by atoms with van der Waals surface area (Å²) in [6, 6.07) is 1.56. The largest absolute Gasteiger partial charge is 0.478 e. The number of aryl methyl sites for hydroxylation is 1. The number of nitrogens with zero attached hydrogens (tertiary/aromatic N) is 3. The Balaban J connectivity index is 2.56. The second-order valence-electron chi connectivity index (χ2n) is 5.88. The molecule has 1 atom stereocenters. The zero-order valence-electron chi connectivity index (χ0n) is 12.8. The monoisotopic (exact) mass is 290 g/mol. The van der Waals surface area contributed by atoms with Crippen LogP contribution in [0.2, 0.25) is 0 Å². The van der Waals surface area contributed by atoms with Crippen molar-refractivity contribution in [1.29, 1.82) is 0 Å². The fourth-order valence-corrected chi connectivity index (χ4v) is 2.22. The zero-order chi connectivity index (χ0) is 15.8. The van der Waals surface area contributed by atoms with E-state index >= 15 is 0 Å². The van der Waals surface area contributed by atoms with Crippen molar-refractivity contribution in [3.63, 3.8) is 0 Å². The summed E-state index contributed by atoms with van der Waals surface area (Å²) in [5, 5.41) is 9.36. The number of aromatic carboxylic acids is 1. The van der Waals surface area contributed by atoms with Crippen LogP contribution in [0.3, 0.4) is 0 Å². The highest BCUT2D eigenvalue weighted by Crippen LogP contribution is 2.28. The van der Waals surface area contributed by atoms with Gasteiger partial charge >= 0.3 is 11.8 Å². The van der Waals surface area contributed by atoms with Crippen LogP contribution in [-0.2, 0) is 6.42 Å². The summed E-state index contributed by atoms with van der Waals surface area (Å²) in [5.74, 6) is -0.803. The van der Waals surface area contributed by atoms with E-state index in [2.05, 4.69) is 9.98 Å². The predicted molar refractivity (Wildman–Crippen MR) is 78.8 cm³/mol. The fourth-order valence-electron chi connectivity index (χ4n) is 2.22. The van der Waals surface area contributed by atoms with E-state index in [0.29, 0.717) is 6.42 Å². The van der Waals surface area contributed by atoms with E-state index in [0.717, 1.165) is 10.3 Å². The van der Waals surface area contributed by atoms with Crippen molar-refractivity contribution in [3.8, 4) is 0 Å². The molecule has 1 aromatic rings. The quantitative estimate of drug-likeness (QED) is 0.862. The van der Waals surface area contributed by atoms with Gasteiger partial charge in [-0.25, -0.2) is 9.78 Å². The number of carbonyl (C=O) groups is 1. The maximum atomic E-state index is 12.2. The van der Waals surface area contributed by atoms with Gasteiger partial charge < -0.3 is 5.11 Å². The summed E-state index contributed by atoms with van der Waals surface area (Å²) >= 11 is 0. The molecule has 112 valence electrons. The van der Waals surface area contributed by atoms with Crippen molar-refractivity contribution >= 4 is 11.8 Å². The van der Waals surface area contributed by atoms with Gasteiger partial charge in [0, 0.05) is 12.1 Å². The van der Waals surface area contributed by atoms with Gasteiger partial charge in [-0.05, 0) is 29.7 Å². The first-order valence-electron chi connectivity index (χ1n) is 7.05. The van der Waals surface area contributed by atoms with Gasteiger partial charge in [-0.15, -0.1) is 0 Å². The first-order valence-corrected chi connectivity index (χ1v) is 7.05. The van der Waals surface area contributed by atoms with Crippen molar-refractivity contribution in [2.45, 2.75) is 39.7 Å². The van der Waals surface area contributed by atoms with E-state index in [1.807, 2.05) is 27.7 Å². The Morgan fingerprint density at radius 1 is 1.52 bits per heavy atom. The third-order valence-corrected chi connectivity index (χ3v) is 4.10. The van der Waals surface area contributed by atoms with Gasteiger partial charge in [-0.1, -0.05) is 30.7 Å². The van der Waals surface area contributed by atoms with Crippen LogP contribution in [0, 0.1) is 10.8 Å². The van der Waals surface area contributed by atoms with Crippen LogP contribution < -0.4 is 0 Å². The summed E-state index contributed by atoms with van der Waals surface area (Å²) in [5.41, 5.74) is 0.484. The Morgan fingerprint density at radius 3 is 2.67 bits per heavy atom. The van der Waals surface area contributed by atoms with Gasteiger partial charge in [-0.2, -0.15) is 0 Å². The number of carboxylic acid groups (broad SMARTS) is 1. The molecule has 0 aromatic carbocycles. The molecule has 6 heteroatoms. The van der Waals surface area contributed by atoms with E-state index in [1.165, 1.54) is 0 Å². The highest BCUT2D eigenvalue weighted by atomic mass is 16.4. The molecule has 0 radical (unpaired) electrons. The molecular weight excluding hydrogens is 270 g/mol. The lowest BCUT2D eigenvalue weighted by atomic mass is 9.90. The molecule has 0 aliphatic carbocycles. The van der Waals surface area contributed by atoms with Gasteiger partial charge in [0.25, 0.3) is 0 Å². The third-order valence-electron chi connectivity index (χ3n) is 4.10. The molecule has 21 heavy (non-hydrogen) atoms. The molecule has 1 aromatic heterocycles. The molecule has 1 aliphatic heterocycles. The minimum absolute atomic E-state index is 0.0296. The van der Waals surface area contributed by atoms with Crippen LogP contribution >= 0.6 is 0 Å². The van der Waals surface area contributed by atoms with Crippen LogP contribution in [0.25, 0.3) is 0 Å². The molecule has 2 heterocycles. The lowest BCUT2D eigenvalue weighted by Crippen LogP contribution is -2.32. The summed E-state index contributed by atoms with van der Waals surface area (Å²) in [7, 11) is 0. The second-order valence-corrected chi connectivity index (χ2v) is 5.88. The molecule has 0 bridgehead atoms. The van der Waals surface area contributed by atoms with Gasteiger partial charge in [0.2, 0.25) is 0 Å². The molecule has 0 saturated heterocycles. The van der Waals surface area contributed by atoms with E-state index in [1.54, 1.807) is 12.3 Å². The number of hydrogen-bond acceptors (Lipinski definition) is 4. The van der Waals surface area contributed by atoms with Crippen LogP contribution in [0.15, 0.2) is 17.3 Å². The molecule has 1 aliphatic rings. The number of aromatic nitrogens is 1. The fraction of sp³-hybridized carbons (Fsp3) is 0.533. The smallest absolute Gasteiger partial charge is 0.383 e. The van der Waals surface area contributed by atoms with Gasteiger partial charge in [-0.3, -0.25) is 0 Å². The highest BCUT2D eigenvalue weighted by molar-refractivity contribution is 6.03. The molecule has 0 spiro atoms. The van der Waals surface area contributed by atoms with Gasteiger partial charge in [0.05, 0.1) is 5.56 Å². The topological polar surface area (TPSA) is 82.6 Å². The Labute approximate surface area is 123 Å². The molecule has 0 amide bonds. The van der Waals surface area contributed by atoms with Crippen LogP contribution in [-0.4, -0.2) is 38.7 Å². The van der Waals surface area contributed by atoms with Crippen LogP contribution in [0.1, 0.15) is 49.3 Å². The molecule has 6 nitrogen and oxygen atoms in total. The van der Waals surface area contributed by atoms with Gasteiger partial charge in [0.1, 0.15) is 0 Å². The number of nitroso groups, excluding NO2 is 1. The maximum Gasteiger partial charge on any atom is 0.383 e. The summed E-state index contributed by atoms with van der Waals surface area (Å²) in [6.07, 6.45) is 2.29. The number of carboxylic acids is 1. The summed E-state index contributed by atoms with van der Waals surface area (Å²) in [6.45, 7) is 8.02. The lowest BCUT2D eigenvalue weighted by Gasteiger charge is -2.15. The van der Waals surface area contributed by atoms with Crippen molar-refractivity contribution < 1.29 is 14.7 Å². The average molecular weight is 290 g/mol. The predicted octanol–water partition coefficient (Wildman–Crippen LogP) is 2.30. The van der Waals surface area contributed by atoms with E-state index in [4.69, 9.17) is 0 Å². The molecule has 0 fully saturated rings. The maximum absolute atomic E-state index is 12.2. The molecular formula is C15H20N3O3+. The van der Waals surface area contributed by atoms with E-state index < -0.39 is 11.5 Å².